The lowest BCUT2D eigenvalue weighted by molar-refractivity contribution is 0.0982. The minimum Gasteiger partial charge on any atom is -0.294 e. The zero-order valence-electron chi connectivity index (χ0n) is 11.1. The molecule has 0 aliphatic carbocycles. The predicted molar refractivity (Wildman–Crippen MR) is 84.8 cm³/mol. The van der Waals surface area contributed by atoms with Crippen molar-refractivity contribution < 1.29 is 13.6 Å². The van der Waals surface area contributed by atoms with Crippen molar-refractivity contribution >= 4 is 33.5 Å². The number of Topliss-reactive ketones (excluding diaryl/α,β-unsaturated/α-hetero) is 1. The fraction of sp³-hybridized carbons (Fsp3) is 0.188. The van der Waals surface area contributed by atoms with Crippen LogP contribution in [0.4, 0.5) is 8.78 Å². The lowest BCUT2D eigenvalue weighted by Crippen LogP contribution is -1.99. The second-order valence-corrected chi connectivity index (χ2v) is 6.54. The van der Waals surface area contributed by atoms with Gasteiger partial charge in [-0.25, -0.2) is 8.78 Å². The van der Waals surface area contributed by atoms with Gasteiger partial charge in [-0.3, -0.25) is 4.79 Å². The maximum Gasteiger partial charge on any atom is 0.162 e. The Morgan fingerprint density at radius 1 is 1.05 bits per heavy atom. The molecule has 0 bridgehead atoms. The molecule has 0 spiro atoms. The maximum atomic E-state index is 13.0. The van der Waals surface area contributed by atoms with Gasteiger partial charge in [0.2, 0.25) is 0 Å². The number of carbonyl (C=O) groups excluding carboxylic acids is 1. The SMILES string of the molecule is O=C(CCCSc1ccc(F)c(F)c1)c1ccc(Br)cc1. The number of rotatable bonds is 6. The van der Waals surface area contributed by atoms with Crippen molar-refractivity contribution in [1.29, 1.82) is 0 Å². The van der Waals surface area contributed by atoms with Crippen molar-refractivity contribution in [3.8, 4) is 0 Å². The summed E-state index contributed by atoms with van der Waals surface area (Å²) in [6.07, 6.45) is 1.14. The molecule has 0 saturated carbocycles. The summed E-state index contributed by atoms with van der Waals surface area (Å²) in [5, 5.41) is 0. The molecule has 5 heteroatoms. The molecule has 0 radical (unpaired) electrons. The first-order valence-electron chi connectivity index (χ1n) is 6.43. The van der Waals surface area contributed by atoms with Crippen LogP contribution < -0.4 is 0 Å². The molecule has 0 aromatic heterocycles. The highest BCUT2D eigenvalue weighted by Gasteiger charge is 2.06. The molecular weight excluding hydrogens is 358 g/mol. The number of hydrogen-bond acceptors (Lipinski definition) is 2. The van der Waals surface area contributed by atoms with Crippen molar-refractivity contribution in [2.75, 3.05) is 5.75 Å². The van der Waals surface area contributed by atoms with Crippen molar-refractivity contribution in [1.82, 2.24) is 0 Å². The summed E-state index contributed by atoms with van der Waals surface area (Å²) in [4.78, 5) is 12.6. The minimum absolute atomic E-state index is 0.0911. The number of halogens is 3. The van der Waals surface area contributed by atoms with E-state index < -0.39 is 11.6 Å². The molecule has 0 saturated heterocycles. The van der Waals surface area contributed by atoms with E-state index in [0.29, 0.717) is 29.1 Å². The Bertz CT molecular complexity index is 629. The minimum atomic E-state index is -0.843. The Kier molecular flexibility index (Phi) is 5.94. The molecule has 110 valence electrons. The van der Waals surface area contributed by atoms with E-state index in [1.165, 1.54) is 17.8 Å². The summed E-state index contributed by atoms with van der Waals surface area (Å²) in [6.45, 7) is 0. The van der Waals surface area contributed by atoms with Gasteiger partial charge in [0.05, 0.1) is 0 Å². The van der Waals surface area contributed by atoms with Crippen LogP contribution in [-0.2, 0) is 0 Å². The molecule has 0 aliphatic rings. The Hall–Kier alpha value is -1.20. The first-order valence-corrected chi connectivity index (χ1v) is 8.21. The molecular formula is C16H13BrF2OS. The molecule has 0 unspecified atom stereocenters. The second-order valence-electron chi connectivity index (χ2n) is 4.46. The second kappa shape index (κ2) is 7.71. The fourth-order valence-electron chi connectivity index (χ4n) is 1.77. The van der Waals surface area contributed by atoms with E-state index in [-0.39, 0.29) is 5.78 Å². The lowest BCUT2D eigenvalue weighted by atomic mass is 10.1. The zero-order valence-corrected chi connectivity index (χ0v) is 13.5. The van der Waals surface area contributed by atoms with Crippen LogP contribution >= 0.6 is 27.7 Å². The van der Waals surface area contributed by atoms with Crippen LogP contribution in [0, 0.1) is 11.6 Å². The van der Waals surface area contributed by atoms with Crippen LogP contribution in [0.25, 0.3) is 0 Å². The standard InChI is InChI=1S/C16H13BrF2OS/c17-12-5-3-11(4-6-12)16(20)2-1-9-21-13-7-8-14(18)15(19)10-13/h3-8,10H,1-2,9H2. The number of carbonyl (C=O) groups is 1. The average molecular weight is 371 g/mol. The topological polar surface area (TPSA) is 17.1 Å². The lowest BCUT2D eigenvalue weighted by Gasteiger charge is -2.03. The molecule has 0 amide bonds. The molecule has 21 heavy (non-hydrogen) atoms. The zero-order chi connectivity index (χ0) is 15.2. The van der Waals surface area contributed by atoms with Crippen LogP contribution in [0.5, 0.6) is 0 Å². The normalized spacial score (nSPS) is 10.6. The summed E-state index contributed by atoms with van der Waals surface area (Å²) < 4.78 is 26.7. The van der Waals surface area contributed by atoms with E-state index in [2.05, 4.69) is 15.9 Å². The Balaban J connectivity index is 1.77. The van der Waals surface area contributed by atoms with Gasteiger partial charge in [-0.1, -0.05) is 28.1 Å². The molecule has 0 aliphatic heterocycles. The predicted octanol–water partition coefficient (Wildman–Crippen LogP) is 5.48. The van der Waals surface area contributed by atoms with Gasteiger partial charge >= 0.3 is 0 Å². The Morgan fingerprint density at radius 3 is 2.43 bits per heavy atom. The van der Waals surface area contributed by atoms with E-state index in [0.717, 1.165) is 10.5 Å². The summed E-state index contributed by atoms with van der Waals surface area (Å²) in [5.74, 6) is -0.906. The van der Waals surface area contributed by atoms with E-state index in [9.17, 15) is 13.6 Å². The van der Waals surface area contributed by atoms with E-state index >= 15 is 0 Å². The molecule has 2 rings (SSSR count). The summed E-state index contributed by atoms with van der Waals surface area (Å²) in [7, 11) is 0. The summed E-state index contributed by atoms with van der Waals surface area (Å²) in [5.41, 5.74) is 0.691. The molecule has 2 aromatic carbocycles. The molecule has 1 nitrogen and oxygen atoms in total. The van der Waals surface area contributed by atoms with Crippen molar-refractivity contribution in [2.24, 2.45) is 0 Å². The smallest absolute Gasteiger partial charge is 0.162 e. The van der Waals surface area contributed by atoms with Crippen LogP contribution in [0.1, 0.15) is 23.2 Å². The summed E-state index contributed by atoms with van der Waals surface area (Å²) >= 11 is 4.74. The first-order chi connectivity index (χ1) is 10.1. The molecule has 0 fully saturated rings. The van der Waals surface area contributed by atoms with Crippen molar-refractivity contribution in [2.45, 2.75) is 17.7 Å². The van der Waals surface area contributed by atoms with Crippen molar-refractivity contribution in [3.63, 3.8) is 0 Å². The van der Waals surface area contributed by atoms with Gasteiger partial charge in [0.1, 0.15) is 0 Å². The van der Waals surface area contributed by atoms with Crippen molar-refractivity contribution in [3.05, 3.63) is 64.1 Å². The van der Waals surface area contributed by atoms with Gasteiger partial charge in [-0.2, -0.15) is 0 Å². The number of thioether (sulfide) groups is 1. The van der Waals surface area contributed by atoms with Crippen LogP contribution in [0.2, 0.25) is 0 Å². The Labute approximate surface area is 134 Å². The van der Waals surface area contributed by atoms with Gasteiger partial charge in [-0.05, 0) is 42.5 Å². The van der Waals surface area contributed by atoms with Gasteiger partial charge in [-0.15, -0.1) is 11.8 Å². The highest BCUT2D eigenvalue weighted by molar-refractivity contribution is 9.10. The molecule has 0 N–H and O–H groups in total. The summed E-state index contributed by atoms with van der Waals surface area (Å²) in [6, 6.07) is 11.1. The van der Waals surface area contributed by atoms with Crippen LogP contribution in [0.3, 0.4) is 0 Å². The highest BCUT2D eigenvalue weighted by Crippen LogP contribution is 2.22. The van der Waals surface area contributed by atoms with Gasteiger partial charge in [0.15, 0.2) is 17.4 Å². The van der Waals surface area contributed by atoms with Gasteiger partial charge < -0.3 is 0 Å². The monoisotopic (exact) mass is 370 g/mol. The number of ketones is 1. The van der Waals surface area contributed by atoms with Gasteiger partial charge in [0, 0.05) is 21.4 Å². The first kappa shape index (κ1) is 16.2. The largest absolute Gasteiger partial charge is 0.294 e. The van der Waals surface area contributed by atoms with Gasteiger partial charge in [0.25, 0.3) is 0 Å². The molecule has 0 atom stereocenters. The average Bonchev–Trinajstić information content (AvgIpc) is 2.47. The number of hydrogen-bond donors (Lipinski definition) is 0. The Morgan fingerprint density at radius 2 is 1.76 bits per heavy atom. The third-order valence-corrected chi connectivity index (χ3v) is 4.48. The van der Waals surface area contributed by atoms with E-state index in [4.69, 9.17) is 0 Å². The fourth-order valence-corrected chi connectivity index (χ4v) is 2.91. The third-order valence-electron chi connectivity index (χ3n) is 2.87. The van der Waals surface area contributed by atoms with E-state index in [1.807, 2.05) is 12.1 Å². The quantitative estimate of drug-likeness (QED) is 0.380. The molecule has 0 heterocycles. The van der Waals surface area contributed by atoms with E-state index in [1.54, 1.807) is 18.2 Å². The molecule has 2 aromatic rings. The third kappa shape index (κ3) is 4.93. The van der Waals surface area contributed by atoms with Crippen LogP contribution in [-0.4, -0.2) is 11.5 Å². The maximum absolute atomic E-state index is 13.0. The number of benzene rings is 2. The highest BCUT2D eigenvalue weighted by atomic mass is 79.9. The van der Waals surface area contributed by atoms with Crippen LogP contribution in [0.15, 0.2) is 51.8 Å².